The third-order valence-corrected chi connectivity index (χ3v) is 5.49. The predicted octanol–water partition coefficient (Wildman–Crippen LogP) is 3.08. The molecule has 1 N–H and O–H groups in total. The molecule has 3 heterocycles. The molecule has 138 valence electrons. The number of carbonyl (C=O) groups is 1. The molecule has 3 aromatic heterocycles. The zero-order valence-corrected chi connectivity index (χ0v) is 16.6. The average molecular weight is 372 g/mol. The van der Waals surface area contributed by atoms with Gasteiger partial charge in [0.2, 0.25) is 0 Å². The Morgan fingerprint density at radius 2 is 2.12 bits per heavy atom. The van der Waals surface area contributed by atoms with Crippen molar-refractivity contribution in [2.24, 2.45) is 7.05 Å². The van der Waals surface area contributed by atoms with Gasteiger partial charge in [0, 0.05) is 20.1 Å². The summed E-state index contributed by atoms with van der Waals surface area (Å²) < 4.78 is 1.74. The minimum absolute atomic E-state index is 0.0709. The van der Waals surface area contributed by atoms with E-state index in [1.165, 1.54) is 0 Å². The van der Waals surface area contributed by atoms with E-state index in [9.17, 15) is 4.79 Å². The van der Waals surface area contributed by atoms with Crippen molar-refractivity contribution in [3.8, 4) is 10.6 Å². The highest BCUT2D eigenvalue weighted by molar-refractivity contribution is 7.13. The molecule has 0 saturated carbocycles. The molecular formula is C19H25N5OS. The number of aryl methyl sites for hydroxylation is 2. The summed E-state index contributed by atoms with van der Waals surface area (Å²) in [6.07, 6.45) is 0. The van der Waals surface area contributed by atoms with Crippen LogP contribution < -0.4 is 5.32 Å². The van der Waals surface area contributed by atoms with Crippen molar-refractivity contribution < 1.29 is 4.79 Å². The summed E-state index contributed by atoms with van der Waals surface area (Å²) in [6, 6.07) is 5.89. The summed E-state index contributed by atoms with van der Waals surface area (Å²) in [4.78, 5) is 21.0. The van der Waals surface area contributed by atoms with Crippen LogP contribution in [-0.4, -0.2) is 51.8 Å². The predicted molar refractivity (Wildman–Crippen MR) is 107 cm³/mol. The molecule has 26 heavy (non-hydrogen) atoms. The van der Waals surface area contributed by atoms with Gasteiger partial charge in [-0.2, -0.15) is 5.10 Å². The summed E-state index contributed by atoms with van der Waals surface area (Å²) in [7, 11) is 1.86. The first-order valence-corrected chi connectivity index (χ1v) is 9.81. The number of amides is 1. The van der Waals surface area contributed by atoms with Crippen LogP contribution in [0, 0.1) is 6.92 Å². The highest BCUT2D eigenvalue weighted by atomic mass is 32.1. The fraction of sp³-hybridized carbons (Fsp3) is 0.421. The summed E-state index contributed by atoms with van der Waals surface area (Å²) in [6.45, 7) is 9.61. The van der Waals surface area contributed by atoms with E-state index in [1.54, 1.807) is 16.0 Å². The SMILES string of the molecule is CCN(CC)CCNC(=O)c1cc(-c2cccs2)nc2c1c(C)nn2C. The van der Waals surface area contributed by atoms with E-state index in [4.69, 9.17) is 4.98 Å². The Kier molecular flexibility index (Phi) is 5.68. The molecule has 7 heteroatoms. The number of hydrogen-bond donors (Lipinski definition) is 1. The zero-order valence-electron chi connectivity index (χ0n) is 15.7. The zero-order chi connectivity index (χ0) is 18.7. The van der Waals surface area contributed by atoms with Gasteiger partial charge in [-0.25, -0.2) is 4.98 Å². The molecule has 6 nitrogen and oxygen atoms in total. The lowest BCUT2D eigenvalue weighted by Crippen LogP contribution is -2.34. The molecule has 0 radical (unpaired) electrons. The van der Waals surface area contributed by atoms with Gasteiger partial charge in [0.25, 0.3) is 5.91 Å². The van der Waals surface area contributed by atoms with Crippen molar-refractivity contribution in [2.45, 2.75) is 20.8 Å². The Morgan fingerprint density at radius 3 is 2.77 bits per heavy atom. The van der Waals surface area contributed by atoms with E-state index in [0.29, 0.717) is 12.1 Å². The first kappa shape index (κ1) is 18.5. The average Bonchev–Trinajstić information content (AvgIpc) is 3.27. The minimum Gasteiger partial charge on any atom is -0.351 e. The van der Waals surface area contributed by atoms with Crippen LogP contribution in [0.1, 0.15) is 29.9 Å². The number of pyridine rings is 1. The topological polar surface area (TPSA) is 63.1 Å². The molecule has 0 fully saturated rings. The van der Waals surface area contributed by atoms with Crippen LogP contribution in [0.3, 0.4) is 0 Å². The maximum absolute atomic E-state index is 12.9. The highest BCUT2D eigenvalue weighted by Crippen LogP contribution is 2.29. The molecule has 1 amide bonds. The normalized spacial score (nSPS) is 11.4. The minimum atomic E-state index is -0.0709. The first-order valence-electron chi connectivity index (χ1n) is 8.93. The quantitative estimate of drug-likeness (QED) is 0.693. The van der Waals surface area contributed by atoms with Crippen LogP contribution in [0.5, 0.6) is 0 Å². The monoisotopic (exact) mass is 371 g/mol. The number of aromatic nitrogens is 3. The Bertz CT molecular complexity index is 896. The second kappa shape index (κ2) is 7.97. The number of fused-ring (bicyclic) bond motifs is 1. The van der Waals surface area contributed by atoms with Crippen LogP contribution in [0.25, 0.3) is 21.6 Å². The Labute approximate surface area is 157 Å². The van der Waals surface area contributed by atoms with Gasteiger partial charge in [-0.15, -0.1) is 11.3 Å². The van der Waals surface area contributed by atoms with E-state index in [-0.39, 0.29) is 5.91 Å². The third kappa shape index (κ3) is 3.64. The van der Waals surface area contributed by atoms with Gasteiger partial charge in [-0.1, -0.05) is 19.9 Å². The largest absolute Gasteiger partial charge is 0.351 e. The van der Waals surface area contributed by atoms with Crippen molar-refractivity contribution in [2.75, 3.05) is 26.2 Å². The van der Waals surface area contributed by atoms with Crippen molar-refractivity contribution in [1.29, 1.82) is 0 Å². The second-order valence-electron chi connectivity index (χ2n) is 6.22. The molecule has 0 spiro atoms. The summed E-state index contributed by atoms with van der Waals surface area (Å²) in [5, 5.41) is 10.4. The number of hydrogen-bond acceptors (Lipinski definition) is 5. The Morgan fingerprint density at radius 1 is 1.35 bits per heavy atom. The third-order valence-electron chi connectivity index (χ3n) is 4.59. The lowest BCUT2D eigenvalue weighted by Gasteiger charge is -2.18. The standard InChI is InChI=1S/C19H25N5OS/c1-5-24(6-2)10-9-20-19(25)14-12-15(16-8-7-11-26-16)21-18-17(14)13(3)22-23(18)4/h7-8,11-12H,5-6,9-10H2,1-4H3,(H,20,25). The number of thiophene rings is 1. The van der Waals surface area contributed by atoms with Crippen molar-refractivity contribution in [1.82, 2.24) is 25.0 Å². The molecule has 0 aliphatic rings. The number of rotatable bonds is 7. The van der Waals surface area contributed by atoms with Gasteiger partial charge < -0.3 is 10.2 Å². The van der Waals surface area contributed by atoms with Crippen LogP contribution in [0.15, 0.2) is 23.6 Å². The maximum Gasteiger partial charge on any atom is 0.252 e. The molecule has 3 aromatic rings. The van der Waals surface area contributed by atoms with Crippen molar-refractivity contribution in [3.05, 3.63) is 34.8 Å². The van der Waals surface area contributed by atoms with Gasteiger partial charge in [-0.05, 0) is 37.5 Å². The highest BCUT2D eigenvalue weighted by Gasteiger charge is 2.19. The molecular weight excluding hydrogens is 346 g/mol. The lowest BCUT2D eigenvalue weighted by molar-refractivity contribution is 0.0950. The van der Waals surface area contributed by atoms with Gasteiger partial charge in [-0.3, -0.25) is 9.48 Å². The number of carbonyl (C=O) groups excluding carboxylic acids is 1. The van der Waals surface area contributed by atoms with Crippen LogP contribution in [0.4, 0.5) is 0 Å². The molecule has 0 aliphatic heterocycles. The van der Waals surface area contributed by atoms with Gasteiger partial charge >= 0.3 is 0 Å². The Hall–Kier alpha value is -2.25. The molecule has 0 atom stereocenters. The molecule has 0 aromatic carbocycles. The number of likely N-dealkylation sites (N-methyl/N-ethyl adjacent to an activating group) is 1. The van der Waals surface area contributed by atoms with E-state index in [1.807, 2.05) is 37.6 Å². The van der Waals surface area contributed by atoms with Gasteiger partial charge in [0.15, 0.2) is 5.65 Å². The molecule has 0 aliphatic carbocycles. The van der Waals surface area contributed by atoms with Crippen molar-refractivity contribution >= 4 is 28.3 Å². The first-order chi connectivity index (χ1) is 12.5. The second-order valence-corrected chi connectivity index (χ2v) is 7.17. The van der Waals surface area contributed by atoms with Crippen LogP contribution >= 0.6 is 11.3 Å². The summed E-state index contributed by atoms with van der Waals surface area (Å²) in [5.74, 6) is -0.0709. The molecule has 0 bridgehead atoms. The molecule has 0 unspecified atom stereocenters. The smallest absolute Gasteiger partial charge is 0.252 e. The van der Waals surface area contributed by atoms with E-state index < -0.39 is 0 Å². The fourth-order valence-corrected chi connectivity index (χ4v) is 3.82. The van der Waals surface area contributed by atoms with Gasteiger partial charge in [0.1, 0.15) is 0 Å². The fourth-order valence-electron chi connectivity index (χ4n) is 3.14. The van der Waals surface area contributed by atoms with Crippen molar-refractivity contribution in [3.63, 3.8) is 0 Å². The van der Waals surface area contributed by atoms with E-state index >= 15 is 0 Å². The summed E-state index contributed by atoms with van der Waals surface area (Å²) in [5.41, 5.74) is 3.01. The summed E-state index contributed by atoms with van der Waals surface area (Å²) >= 11 is 1.61. The van der Waals surface area contributed by atoms with Crippen LogP contribution in [0.2, 0.25) is 0 Å². The lowest BCUT2D eigenvalue weighted by atomic mass is 10.1. The molecule has 3 rings (SSSR count). The van der Waals surface area contributed by atoms with E-state index in [2.05, 4.69) is 29.2 Å². The maximum atomic E-state index is 12.9. The van der Waals surface area contributed by atoms with Crippen LogP contribution in [-0.2, 0) is 7.05 Å². The van der Waals surface area contributed by atoms with E-state index in [0.717, 1.165) is 46.9 Å². The number of nitrogens with one attached hydrogen (secondary N) is 1. The Balaban J connectivity index is 1.94. The van der Waals surface area contributed by atoms with Gasteiger partial charge in [0.05, 0.1) is 27.2 Å². The number of nitrogens with zero attached hydrogens (tertiary/aromatic N) is 4. The molecule has 0 saturated heterocycles.